The Morgan fingerprint density at radius 3 is 2.65 bits per heavy atom. The number of tetrazole rings is 1. The Labute approximate surface area is 201 Å². The molecule has 34 heavy (non-hydrogen) atoms. The summed E-state index contributed by atoms with van der Waals surface area (Å²) < 4.78 is 2.96. The van der Waals surface area contributed by atoms with Crippen molar-refractivity contribution in [3.8, 4) is 0 Å². The van der Waals surface area contributed by atoms with E-state index in [-0.39, 0.29) is 29.7 Å². The van der Waals surface area contributed by atoms with Crippen LogP contribution in [0.2, 0.25) is 0 Å². The monoisotopic (exact) mass is 486 g/mol. The van der Waals surface area contributed by atoms with E-state index in [2.05, 4.69) is 20.5 Å². The summed E-state index contributed by atoms with van der Waals surface area (Å²) in [5, 5.41) is 12.2. The van der Waals surface area contributed by atoms with Gasteiger partial charge in [0.1, 0.15) is 5.82 Å². The minimum Gasteiger partial charge on any atom is -0.383 e. The van der Waals surface area contributed by atoms with Gasteiger partial charge in [-0.3, -0.25) is 24.0 Å². The SMILES string of the molecule is CCCCn1c(N)c(N(Cc2ccccc2)C(=O)CSc2nnnn2CC(C)C)c(=O)[nH]c1=O. The van der Waals surface area contributed by atoms with E-state index in [1.54, 1.807) is 4.68 Å². The normalized spacial score (nSPS) is 11.2. The van der Waals surface area contributed by atoms with Crippen LogP contribution in [0.1, 0.15) is 39.2 Å². The topological polar surface area (TPSA) is 145 Å². The number of aromatic nitrogens is 6. The van der Waals surface area contributed by atoms with Crippen LogP contribution < -0.4 is 21.9 Å². The van der Waals surface area contributed by atoms with Crippen LogP contribution in [0.5, 0.6) is 0 Å². The van der Waals surface area contributed by atoms with Crippen molar-refractivity contribution in [3.05, 3.63) is 56.7 Å². The molecule has 0 aliphatic carbocycles. The minimum atomic E-state index is -0.700. The molecule has 11 nitrogen and oxygen atoms in total. The molecule has 0 atom stereocenters. The van der Waals surface area contributed by atoms with Crippen molar-refractivity contribution in [2.45, 2.75) is 58.4 Å². The lowest BCUT2D eigenvalue weighted by Crippen LogP contribution is -2.41. The average Bonchev–Trinajstić information content (AvgIpc) is 3.23. The summed E-state index contributed by atoms with van der Waals surface area (Å²) in [5.41, 5.74) is 5.79. The maximum Gasteiger partial charge on any atom is 0.330 e. The number of thioether (sulfide) groups is 1. The summed E-state index contributed by atoms with van der Waals surface area (Å²) in [6.45, 7) is 7.17. The molecule has 0 aliphatic heterocycles. The fourth-order valence-electron chi connectivity index (χ4n) is 3.40. The summed E-state index contributed by atoms with van der Waals surface area (Å²) in [6, 6.07) is 9.28. The highest BCUT2D eigenvalue weighted by Crippen LogP contribution is 2.23. The predicted octanol–water partition coefficient (Wildman–Crippen LogP) is 1.89. The second kappa shape index (κ2) is 11.6. The fraction of sp³-hybridized carbons (Fsp3) is 0.455. The van der Waals surface area contributed by atoms with Crippen molar-refractivity contribution < 1.29 is 4.79 Å². The number of nitrogens with zero attached hydrogens (tertiary/aromatic N) is 6. The molecule has 1 amide bonds. The quantitative estimate of drug-likeness (QED) is 0.391. The van der Waals surface area contributed by atoms with Crippen molar-refractivity contribution in [3.63, 3.8) is 0 Å². The van der Waals surface area contributed by atoms with E-state index in [4.69, 9.17) is 5.73 Å². The van der Waals surface area contributed by atoms with Gasteiger partial charge in [-0.15, -0.1) is 5.10 Å². The van der Waals surface area contributed by atoms with Crippen molar-refractivity contribution in [1.82, 2.24) is 29.8 Å². The summed E-state index contributed by atoms with van der Waals surface area (Å²) in [4.78, 5) is 42.3. The molecule has 3 N–H and O–H groups in total. The van der Waals surface area contributed by atoms with Crippen molar-refractivity contribution >= 4 is 29.2 Å². The first kappa shape index (κ1) is 25.2. The highest BCUT2D eigenvalue weighted by Gasteiger charge is 2.25. The van der Waals surface area contributed by atoms with Gasteiger partial charge < -0.3 is 5.73 Å². The largest absolute Gasteiger partial charge is 0.383 e. The summed E-state index contributed by atoms with van der Waals surface area (Å²) in [5.74, 6) is -0.0687. The molecule has 3 aromatic rings. The zero-order valence-electron chi connectivity index (χ0n) is 19.6. The Hall–Kier alpha value is -3.41. The van der Waals surface area contributed by atoms with Crippen LogP contribution >= 0.6 is 11.8 Å². The molecule has 2 aromatic heterocycles. The summed E-state index contributed by atoms with van der Waals surface area (Å²) in [6.07, 6.45) is 1.55. The van der Waals surface area contributed by atoms with Crippen LogP contribution in [0.15, 0.2) is 45.1 Å². The van der Waals surface area contributed by atoms with Gasteiger partial charge in [0, 0.05) is 13.1 Å². The number of nitrogens with two attached hydrogens (primary N) is 1. The smallest absolute Gasteiger partial charge is 0.330 e. The van der Waals surface area contributed by atoms with Gasteiger partial charge in [-0.2, -0.15) is 0 Å². The first-order chi connectivity index (χ1) is 16.3. The maximum absolute atomic E-state index is 13.4. The molecular weight excluding hydrogens is 456 g/mol. The molecule has 3 rings (SSSR count). The Morgan fingerprint density at radius 2 is 1.97 bits per heavy atom. The average molecular weight is 487 g/mol. The number of rotatable bonds is 11. The lowest BCUT2D eigenvalue weighted by atomic mass is 10.2. The fourth-order valence-corrected chi connectivity index (χ4v) is 4.16. The second-order valence-electron chi connectivity index (χ2n) is 8.29. The number of carbonyl (C=O) groups excluding carboxylic acids is 1. The number of carbonyl (C=O) groups is 1. The molecule has 0 unspecified atom stereocenters. The van der Waals surface area contributed by atoms with E-state index in [1.165, 1.54) is 21.2 Å². The van der Waals surface area contributed by atoms with Crippen LogP contribution in [0.4, 0.5) is 11.5 Å². The molecule has 2 heterocycles. The minimum absolute atomic E-state index is 0.0156. The van der Waals surface area contributed by atoms with Gasteiger partial charge in [0.2, 0.25) is 11.1 Å². The molecule has 0 spiro atoms. The number of hydrogen-bond donors (Lipinski definition) is 2. The second-order valence-corrected chi connectivity index (χ2v) is 9.23. The molecule has 0 fully saturated rings. The number of aromatic amines is 1. The maximum atomic E-state index is 13.4. The van der Waals surface area contributed by atoms with Gasteiger partial charge in [-0.05, 0) is 28.3 Å². The third-order valence-electron chi connectivity index (χ3n) is 5.07. The number of amides is 1. The Bertz CT molecular complexity index is 1220. The first-order valence-corrected chi connectivity index (χ1v) is 12.2. The van der Waals surface area contributed by atoms with Crippen LogP contribution in [0, 0.1) is 5.92 Å². The zero-order valence-corrected chi connectivity index (χ0v) is 20.4. The van der Waals surface area contributed by atoms with Crippen LogP contribution in [0.3, 0.4) is 0 Å². The molecule has 0 saturated carbocycles. The molecular formula is C22H30N8O3S. The standard InChI is InChI=1S/C22H30N8O3S/c1-4-5-11-28-19(23)18(20(32)24-21(28)33)29(13-16-9-7-6-8-10-16)17(31)14-34-22-25-26-27-30(22)12-15(2)3/h6-10,15H,4-5,11-14,23H2,1-3H3,(H,24,32,33). The van der Waals surface area contributed by atoms with E-state index >= 15 is 0 Å². The first-order valence-electron chi connectivity index (χ1n) is 11.2. The van der Waals surface area contributed by atoms with Gasteiger partial charge >= 0.3 is 5.69 Å². The van der Waals surface area contributed by atoms with E-state index in [0.29, 0.717) is 30.6 Å². The third kappa shape index (κ3) is 6.13. The van der Waals surface area contributed by atoms with Crippen LogP contribution in [-0.4, -0.2) is 41.4 Å². The van der Waals surface area contributed by atoms with Crippen molar-refractivity contribution in [2.75, 3.05) is 16.4 Å². The van der Waals surface area contributed by atoms with E-state index in [0.717, 1.165) is 12.0 Å². The number of nitrogens with one attached hydrogen (secondary N) is 1. The lowest BCUT2D eigenvalue weighted by Gasteiger charge is -2.24. The lowest BCUT2D eigenvalue weighted by molar-refractivity contribution is -0.116. The van der Waals surface area contributed by atoms with Crippen LogP contribution in [-0.2, 0) is 24.4 Å². The summed E-state index contributed by atoms with van der Waals surface area (Å²) in [7, 11) is 0. The number of nitrogen functional groups attached to an aromatic ring is 1. The van der Waals surface area contributed by atoms with Crippen molar-refractivity contribution in [1.29, 1.82) is 0 Å². The van der Waals surface area contributed by atoms with Gasteiger partial charge in [0.25, 0.3) is 5.56 Å². The summed E-state index contributed by atoms with van der Waals surface area (Å²) >= 11 is 1.18. The Kier molecular flexibility index (Phi) is 8.63. The third-order valence-corrected chi connectivity index (χ3v) is 6.01. The van der Waals surface area contributed by atoms with Gasteiger partial charge in [0.05, 0.1) is 12.3 Å². The number of anilines is 2. The highest BCUT2D eigenvalue weighted by atomic mass is 32.2. The Balaban J connectivity index is 1.95. The zero-order chi connectivity index (χ0) is 24.7. The molecule has 182 valence electrons. The van der Waals surface area contributed by atoms with Gasteiger partial charge in [-0.1, -0.05) is 69.3 Å². The van der Waals surface area contributed by atoms with E-state index in [1.807, 2.05) is 51.1 Å². The number of hydrogen-bond acceptors (Lipinski definition) is 8. The van der Waals surface area contributed by atoms with Crippen LogP contribution in [0.25, 0.3) is 0 Å². The molecule has 0 aliphatic rings. The predicted molar refractivity (Wildman–Crippen MR) is 132 cm³/mol. The van der Waals surface area contributed by atoms with Gasteiger partial charge in [-0.25, -0.2) is 9.48 Å². The molecule has 12 heteroatoms. The number of H-pyrrole nitrogens is 1. The number of benzene rings is 1. The molecule has 1 aromatic carbocycles. The highest BCUT2D eigenvalue weighted by molar-refractivity contribution is 7.99. The molecule has 0 saturated heterocycles. The number of unbranched alkanes of at least 4 members (excludes halogenated alkanes) is 1. The van der Waals surface area contributed by atoms with E-state index in [9.17, 15) is 14.4 Å². The van der Waals surface area contributed by atoms with Crippen molar-refractivity contribution in [2.24, 2.45) is 5.92 Å². The molecule has 0 bridgehead atoms. The molecule has 0 radical (unpaired) electrons. The van der Waals surface area contributed by atoms with E-state index < -0.39 is 11.2 Å². The van der Waals surface area contributed by atoms with Gasteiger partial charge in [0.15, 0.2) is 5.69 Å². The Morgan fingerprint density at radius 1 is 1.24 bits per heavy atom.